The first kappa shape index (κ1) is 23.0. The van der Waals surface area contributed by atoms with Gasteiger partial charge >= 0.3 is 0 Å². The molecule has 3 aromatic heterocycles. The van der Waals surface area contributed by atoms with Crippen LogP contribution >= 0.6 is 11.3 Å². The standard InChI is InChI=1S/C27H30N6O2S/c1-17(13-19-5-4-12-36-19)29-21-6-7-28-26(34)24(21)25-30-22-14-18-16-33(11-10-32-8-2-3-9-32)27(35)20(18)15-23(22)31-25/h4-7,12,14-15,17H,2-3,8-11,13,16H2,1H3,(H,30,31)(H2,28,29,34)/t17-/m0/s1. The van der Waals surface area contributed by atoms with E-state index in [1.165, 1.54) is 17.7 Å². The zero-order chi connectivity index (χ0) is 24.6. The monoisotopic (exact) mass is 502 g/mol. The van der Waals surface area contributed by atoms with E-state index in [0.717, 1.165) is 49.4 Å². The Morgan fingerprint density at radius 2 is 2.03 bits per heavy atom. The number of aromatic amines is 2. The molecule has 9 heteroatoms. The molecular formula is C27H30N6O2S. The van der Waals surface area contributed by atoms with E-state index in [-0.39, 0.29) is 17.5 Å². The maximum absolute atomic E-state index is 13.1. The van der Waals surface area contributed by atoms with Crippen LogP contribution in [0.5, 0.6) is 0 Å². The summed E-state index contributed by atoms with van der Waals surface area (Å²) < 4.78 is 0. The van der Waals surface area contributed by atoms with E-state index in [9.17, 15) is 9.59 Å². The third-order valence-electron chi connectivity index (χ3n) is 7.16. The number of nitrogens with zero attached hydrogens (tertiary/aromatic N) is 3. The number of hydrogen-bond acceptors (Lipinski definition) is 6. The van der Waals surface area contributed by atoms with Crippen molar-refractivity contribution in [2.45, 2.75) is 38.8 Å². The van der Waals surface area contributed by atoms with Crippen molar-refractivity contribution < 1.29 is 4.79 Å². The van der Waals surface area contributed by atoms with Crippen molar-refractivity contribution >= 4 is 34.0 Å². The number of carbonyl (C=O) groups excluding carboxylic acids is 1. The maximum Gasteiger partial charge on any atom is 0.261 e. The van der Waals surface area contributed by atoms with E-state index in [1.54, 1.807) is 17.5 Å². The lowest BCUT2D eigenvalue weighted by atomic mass is 10.1. The number of thiophene rings is 1. The van der Waals surface area contributed by atoms with Crippen LogP contribution < -0.4 is 10.9 Å². The van der Waals surface area contributed by atoms with Crippen molar-refractivity contribution in [2.24, 2.45) is 0 Å². The molecule has 1 amide bonds. The topological polar surface area (TPSA) is 97.1 Å². The number of nitrogens with one attached hydrogen (secondary N) is 3. The first-order valence-corrected chi connectivity index (χ1v) is 13.5. The number of benzene rings is 1. The van der Waals surface area contributed by atoms with Gasteiger partial charge in [-0.1, -0.05) is 6.07 Å². The Balaban J connectivity index is 1.24. The fourth-order valence-corrected chi connectivity index (χ4v) is 6.16. The summed E-state index contributed by atoms with van der Waals surface area (Å²) in [6, 6.07) is 10.1. The number of carbonyl (C=O) groups is 1. The quantitative estimate of drug-likeness (QED) is 0.337. The second-order valence-corrected chi connectivity index (χ2v) is 10.8. The summed E-state index contributed by atoms with van der Waals surface area (Å²) in [6.45, 7) is 6.66. The molecule has 1 saturated heterocycles. The Hall–Kier alpha value is -3.43. The van der Waals surface area contributed by atoms with Crippen molar-refractivity contribution in [3.63, 3.8) is 0 Å². The Morgan fingerprint density at radius 3 is 2.83 bits per heavy atom. The molecule has 3 N–H and O–H groups in total. The number of imidazole rings is 1. The largest absolute Gasteiger partial charge is 0.381 e. The molecule has 1 aromatic carbocycles. The summed E-state index contributed by atoms with van der Waals surface area (Å²) in [7, 11) is 0. The van der Waals surface area contributed by atoms with E-state index in [4.69, 9.17) is 4.98 Å². The van der Waals surface area contributed by atoms with Crippen LogP contribution in [0.1, 0.15) is 40.6 Å². The minimum absolute atomic E-state index is 0.0676. The van der Waals surface area contributed by atoms with Crippen LogP contribution in [-0.2, 0) is 13.0 Å². The molecule has 0 spiro atoms. The van der Waals surface area contributed by atoms with Gasteiger partial charge in [0.15, 0.2) is 0 Å². The van der Waals surface area contributed by atoms with Crippen molar-refractivity contribution in [3.8, 4) is 11.4 Å². The average molecular weight is 503 g/mol. The van der Waals surface area contributed by atoms with E-state index in [0.29, 0.717) is 29.0 Å². The van der Waals surface area contributed by atoms with Gasteiger partial charge in [-0.25, -0.2) is 4.98 Å². The fourth-order valence-electron chi connectivity index (χ4n) is 5.33. The van der Waals surface area contributed by atoms with Gasteiger partial charge in [-0.15, -0.1) is 11.3 Å². The first-order valence-electron chi connectivity index (χ1n) is 12.6. The zero-order valence-electron chi connectivity index (χ0n) is 20.3. The van der Waals surface area contributed by atoms with Crippen LogP contribution in [0.25, 0.3) is 22.4 Å². The summed E-state index contributed by atoms with van der Waals surface area (Å²) in [5, 5.41) is 5.56. The summed E-state index contributed by atoms with van der Waals surface area (Å²) in [5.41, 5.74) is 4.25. The second kappa shape index (κ2) is 9.55. The molecule has 6 rings (SSSR count). The van der Waals surface area contributed by atoms with Gasteiger partial charge in [-0.2, -0.15) is 0 Å². The summed E-state index contributed by atoms with van der Waals surface area (Å²) in [6.07, 6.45) is 5.02. The summed E-state index contributed by atoms with van der Waals surface area (Å²) in [4.78, 5) is 42.5. The van der Waals surface area contributed by atoms with Crippen molar-refractivity contribution in [1.29, 1.82) is 0 Å². The highest BCUT2D eigenvalue weighted by Crippen LogP contribution is 2.30. The molecule has 0 bridgehead atoms. The van der Waals surface area contributed by atoms with Gasteiger partial charge in [0.05, 0.1) is 16.7 Å². The third kappa shape index (κ3) is 4.44. The van der Waals surface area contributed by atoms with Gasteiger partial charge in [0.2, 0.25) is 0 Å². The number of rotatable bonds is 8. The second-order valence-electron chi connectivity index (χ2n) is 9.81. The molecule has 1 atom stereocenters. The van der Waals surface area contributed by atoms with Gasteiger partial charge in [0, 0.05) is 48.7 Å². The van der Waals surface area contributed by atoms with E-state index < -0.39 is 0 Å². The Labute approximate surface area is 213 Å². The smallest absolute Gasteiger partial charge is 0.261 e. The van der Waals surface area contributed by atoms with E-state index in [1.807, 2.05) is 23.1 Å². The highest BCUT2D eigenvalue weighted by atomic mass is 32.1. The van der Waals surface area contributed by atoms with Gasteiger partial charge in [0.25, 0.3) is 11.5 Å². The number of hydrogen-bond donors (Lipinski definition) is 3. The minimum Gasteiger partial charge on any atom is -0.381 e. The SMILES string of the molecule is C[C@@H](Cc1cccs1)Nc1cc[nH]c(=O)c1-c1nc2cc3c(cc2[nH]1)CN(CCN1CCCC1)C3=O. The van der Waals surface area contributed by atoms with Crippen molar-refractivity contribution in [3.05, 3.63) is 68.3 Å². The Morgan fingerprint density at radius 1 is 1.17 bits per heavy atom. The van der Waals surface area contributed by atoms with Crippen LogP contribution in [0.15, 0.2) is 46.7 Å². The molecule has 36 heavy (non-hydrogen) atoms. The lowest BCUT2D eigenvalue weighted by molar-refractivity contribution is 0.0763. The fraction of sp³-hybridized carbons (Fsp3) is 0.370. The van der Waals surface area contributed by atoms with Gasteiger partial charge in [-0.05, 0) is 68.1 Å². The molecule has 1 fully saturated rings. The molecule has 0 unspecified atom stereocenters. The molecule has 0 aliphatic carbocycles. The molecule has 0 saturated carbocycles. The van der Waals surface area contributed by atoms with Crippen LogP contribution in [-0.4, -0.2) is 62.9 Å². The van der Waals surface area contributed by atoms with Crippen LogP contribution in [0, 0.1) is 0 Å². The number of pyridine rings is 1. The van der Waals surface area contributed by atoms with Gasteiger partial charge in [-0.3, -0.25) is 9.59 Å². The normalized spacial score (nSPS) is 16.7. The van der Waals surface area contributed by atoms with Gasteiger partial charge in [0.1, 0.15) is 11.4 Å². The predicted octanol–water partition coefficient (Wildman–Crippen LogP) is 4.07. The van der Waals surface area contributed by atoms with Crippen molar-refractivity contribution in [1.82, 2.24) is 24.8 Å². The minimum atomic E-state index is -0.209. The first-order chi connectivity index (χ1) is 17.5. The third-order valence-corrected chi connectivity index (χ3v) is 8.06. The van der Waals surface area contributed by atoms with Crippen LogP contribution in [0.3, 0.4) is 0 Å². The number of aromatic nitrogens is 3. The number of amides is 1. The number of fused-ring (bicyclic) bond motifs is 2. The molecule has 2 aliphatic heterocycles. The number of likely N-dealkylation sites (tertiary alicyclic amines) is 1. The average Bonchev–Trinajstić information content (AvgIpc) is 3.65. The maximum atomic E-state index is 13.1. The molecule has 8 nitrogen and oxygen atoms in total. The Kier molecular flexibility index (Phi) is 6.10. The Bertz CT molecular complexity index is 1450. The lowest BCUT2D eigenvalue weighted by Crippen LogP contribution is -2.33. The molecular weight excluding hydrogens is 472 g/mol. The van der Waals surface area contributed by atoms with Crippen molar-refractivity contribution in [2.75, 3.05) is 31.5 Å². The lowest BCUT2D eigenvalue weighted by Gasteiger charge is -2.20. The molecule has 5 heterocycles. The predicted molar refractivity (Wildman–Crippen MR) is 144 cm³/mol. The van der Waals surface area contributed by atoms with E-state index in [2.05, 4.69) is 44.6 Å². The summed E-state index contributed by atoms with van der Waals surface area (Å²) in [5.74, 6) is 0.567. The number of anilines is 1. The summed E-state index contributed by atoms with van der Waals surface area (Å²) >= 11 is 1.73. The zero-order valence-corrected chi connectivity index (χ0v) is 21.2. The molecule has 0 radical (unpaired) electrons. The van der Waals surface area contributed by atoms with E-state index >= 15 is 0 Å². The highest BCUT2D eigenvalue weighted by Gasteiger charge is 2.29. The molecule has 186 valence electrons. The van der Waals surface area contributed by atoms with Gasteiger partial charge < -0.3 is 25.1 Å². The molecule has 4 aromatic rings. The molecule has 2 aliphatic rings. The van der Waals surface area contributed by atoms with Crippen LogP contribution in [0.4, 0.5) is 5.69 Å². The highest BCUT2D eigenvalue weighted by molar-refractivity contribution is 7.09. The number of H-pyrrole nitrogens is 2. The van der Waals surface area contributed by atoms with Crippen LogP contribution in [0.2, 0.25) is 0 Å².